The normalized spacial score (nSPS) is 15.6. The van der Waals surface area contributed by atoms with Crippen molar-refractivity contribution >= 4 is 11.3 Å². The van der Waals surface area contributed by atoms with Crippen LogP contribution in [0.3, 0.4) is 0 Å². The molecule has 3 rings (SSSR count). The average Bonchev–Trinajstić information content (AvgIpc) is 2.55. The molecular formula is C19H21NO. The van der Waals surface area contributed by atoms with Crippen LogP contribution in [0.1, 0.15) is 24.0 Å². The first-order chi connectivity index (χ1) is 10.3. The number of nitrogens with zero attached hydrogens (tertiary/aromatic N) is 1. The second kappa shape index (κ2) is 6.04. The lowest BCUT2D eigenvalue weighted by Crippen LogP contribution is -2.11. The molecule has 1 aliphatic rings. The van der Waals surface area contributed by atoms with Gasteiger partial charge in [0.25, 0.3) is 0 Å². The lowest BCUT2D eigenvalue weighted by atomic mass is 9.88. The lowest BCUT2D eigenvalue weighted by Gasteiger charge is -2.22. The number of ether oxygens (including phenoxy) is 1. The highest BCUT2D eigenvalue weighted by Crippen LogP contribution is 2.31. The summed E-state index contributed by atoms with van der Waals surface area (Å²) in [6, 6.07) is 16.9. The van der Waals surface area contributed by atoms with E-state index in [1.165, 1.54) is 35.2 Å². The fraction of sp³-hybridized carbons (Fsp3) is 0.263. The molecule has 0 amide bonds. The Morgan fingerprint density at radius 3 is 2.52 bits per heavy atom. The van der Waals surface area contributed by atoms with E-state index in [9.17, 15) is 0 Å². The first-order valence-electron chi connectivity index (χ1n) is 7.44. The van der Waals surface area contributed by atoms with Gasteiger partial charge in [0.05, 0.1) is 7.11 Å². The first-order valence-corrected chi connectivity index (χ1v) is 7.44. The SMILES string of the molecule is COc1ccc(N(C)/C=C2\CCCc3ccccc32)cc1. The molecular weight excluding hydrogens is 258 g/mol. The van der Waals surface area contributed by atoms with E-state index in [0.717, 1.165) is 12.2 Å². The molecule has 1 aliphatic carbocycles. The van der Waals surface area contributed by atoms with Crippen molar-refractivity contribution in [1.29, 1.82) is 0 Å². The topological polar surface area (TPSA) is 12.5 Å². The Hall–Kier alpha value is -2.22. The molecule has 21 heavy (non-hydrogen) atoms. The van der Waals surface area contributed by atoms with E-state index in [1.54, 1.807) is 7.11 Å². The molecule has 0 radical (unpaired) electrons. The van der Waals surface area contributed by atoms with Gasteiger partial charge in [-0.25, -0.2) is 0 Å². The van der Waals surface area contributed by atoms with Crippen LogP contribution < -0.4 is 9.64 Å². The summed E-state index contributed by atoms with van der Waals surface area (Å²) >= 11 is 0. The second-order valence-electron chi connectivity index (χ2n) is 5.47. The van der Waals surface area contributed by atoms with Crippen LogP contribution in [0.5, 0.6) is 5.75 Å². The lowest BCUT2D eigenvalue weighted by molar-refractivity contribution is 0.415. The van der Waals surface area contributed by atoms with Gasteiger partial charge in [0.15, 0.2) is 0 Å². The van der Waals surface area contributed by atoms with Crippen molar-refractivity contribution in [3.63, 3.8) is 0 Å². The Kier molecular flexibility index (Phi) is 3.96. The molecule has 0 N–H and O–H groups in total. The van der Waals surface area contributed by atoms with E-state index in [4.69, 9.17) is 4.74 Å². The summed E-state index contributed by atoms with van der Waals surface area (Å²) in [6.45, 7) is 0. The van der Waals surface area contributed by atoms with Crippen LogP contribution in [0.2, 0.25) is 0 Å². The molecule has 0 aliphatic heterocycles. The van der Waals surface area contributed by atoms with E-state index in [0.29, 0.717) is 0 Å². The van der Waals surface area contributed by atoms with Crippen LogP contribution in [-0.4, -0.2) is 14.2 Å². The largest absolute Gasteiger partial charge is 0.497 e. The summed E-state index contributed by atoms with van der Waals surface area (Å²) < 4.78 is 5.21. The molecule has 0 heterocycles. The Labute approximate surface area is 126 Å². The zero-order valence-corrected chi connectivity index (χ0v) is 12.7. The number of rotatable bonds is 3. The van der Waals surface area contributed by atoms with Gasteiger partial charge in [-0.05, 0) is 60.2 Å². The summed E-state index contributed by atoms with van der Waals surface area (Å²) in [5.41, 5.74) is 5.48. The van der Waals surface area contributed by atoms with Crippen LogP contribution in [0.4, 0.5) is 5.69 Å². The summed E-state index contributed by atoms with van der Waals surface area (Å²) in [6.07, 6.45) is 5.84. The van der Waals surface area contributed by atoms with E-state index < -0.39 is 0 Å². The predicted octanol–water partition coefficient (Wildman–Crippen LogP) is 4.51. The molecule has 0 aromatic heterocycles. The highest BCUT2D eigenvalue weighted by molar-refractivity contribution is 5.72. The van der Waals surface area contributed by atoms with Gasteiger partial charge in [-0.1, -0.05) is 24.3 Å². The Balaban J connectivity index is 1.87. The van der Waals surface area contributed by atoms with Crippen LogP contribution in [0.15, 0.2) is 54.7 Å². The van der Waals surface area contributed by atoms with Gasteiger partial charge in [-0.3, -0.25) is 0 Å². The summed E-state index contributed by atoms with van der Waals surface area (Å²) in [4.78, 5) is 2.19. The van der Waals surface area contributed by atoms with E-state index >= 15 is 0 Å². The van der Waals surface area contributed by atoms with Crippen molar-refractivity contribution in [2.45, 2.75) is 19.3 Å². The molecule has 0 bridgehead atoms. The first kappa shape index (κ1) is 13.7. The third-order valence-electron chi connectivity index (χ3n) is 4.08. The smallest absolute Gasteiger partial charge is 0.119 e. The van der Waals surface area contributed by atoms with Crippen molar-refractivity contribution < 1.29 is 4.74 Å². The molecule has 0 unspecified atom stereocenters. The third kappa shape index (κ3) is 2.94. The molecule has 0 fully saturated rings. The molecule has 2 nitrogen and oxygen atoms in total. The maximum absolute atomic E-state index is 5.21. The Bertz CT molecular complexity index is 643. The number of fused-ring (bicyclic) bond motifs is 1. The van der Waals surface area contributed by atoms with E-state index in [-0.39, 0.29) is 0 Å². The maximum atomic E-state index is 5.21. The van der Waals surface area contributed by atoms with Crippen molar-refractivity contribution in [1.82, 2.24) is 0 Å². The van der Waals surface area contributed by atoms with Crippen molar-refractivity contribution in [3.05, 3.63) is 65.9 Å². The van der Waals surface area contributed by atoms with Crippen molar-refractivity contribution in [3.8, 4) is 5.75 Å². The summed E-state index contributed by atoms with van der Waals surface area (Å²) in [5, 5.41) is 0. The Morgan fingerprint density at radius 2 is 1.76 bits per heavy atom. The number of aryl methyl sites for hydroxylation is 1. The molecule has 0 spiro atoms. The number of benzene rings is 2. The van der Waals surface area contributed by atoms with Crippen LogP contribution in [0.25, 0.3) is 5.57 Å². The van der Waals surface area contributed by atoms with Gasteiger partial charge in [-0.2, -0.15) is 0 Å². The van der Waals surface area contributed by atoms with Gasteiger partial charge < -0.3 is 9.64 Å². The monoisotopic (exact) mass is 279 g/mol. The zero-order valence-electron chi connectivity index (χ0n) is 12.7. The fourth-order valence-corrected chi connectivity index (χ4v) is 2.92. The number of hydrogen-bond acceptors (Lipinski definition) is 2. The average molecular weight is 279 g/mol. The quantitative estimate of drug-likeness (QED) is 0.819. The minimum atomic E-state index is 0.891. The van der Waals surface area contributed by atoms with Gasteiger partial charge in [-0.15, -0.1) is 0 Å². The fourth-order valence-electron chi connectivity index (χ4n) is 2.92. The summed E-state index contributed by atoms with van der Waals surface area (Å²) in [7, 11) is 3.80. The molecule has 0 atom stereocenters. The summed E-state index contributed by atoms with van der Waals surface area (Å²) in [5.74, 6) is 0.891. The van der Waals surface area contributed by atoms with Gasteiger partial charge in [0.2, 0.25) is 0 Å². The van der Waals surface area contributed by atoms with Gasteiger partial charge in [0, 0.05) is 18.9 Å². The van der Waals surface area contributed by atoms with Crippen molar-refractivity contribution in [2.75, 3.05) is 19.1 Å². The number of allylic oxidation sites excluding steroid dienone is 1. The van der Waals surface area contributed by atoms with Gasteiger partial charge in [0.1, 0.15) is 5.75 Å². The molecule has 0 saturated carbocycles. The van der Waals surface area contributed by atoms with E-state index in [2.05, 4.69) is 54.5 Å². The third-order valence-corrected chi connectivity index (χ3v) is 4.08. The standard InChI is InChI=1S/C19H21NO/c1-20(17-10-12-18(21-2)13-11-17)14-16-8-5-7-15-6-3-4-9-19(15)16/h3-4,6,9-14H,5,7-8H2,1-2H3/b16-14+. The van der Waals surface area contributed by atoms with Crippen LogP contribution in [-0.2, 0) is 6.42 Å². The molecule has 108 valence electrons. The van der Waals surface area contributed by atoms with Gasteiger partial charge >= 0.3 is 0 Å². The number of hydrogen-bond donors (Lipinski definition) is 0. The van der Waals surface area contributed by atoms with Crippen LogP contribution in [0, 0.1) is 0 Å². The number of methoxy groups -OCH3 is 1. The van der Waals surface area contributed by atoms with Crippen LogP contribution >= 0.6 is 0 Å². The molecule has 0 saturated heterocycles. The maximum Gasteiger partial charge on any atom is 0.119 e. The minimum absolute atomic E-state index is 0.891. The molecule has 2 aromatic rings. The molecule has 2 heteroatoms. The van der Waals surface area contributed by atoms with E-state index in [1.807, 2.05) is 12.1 Å². The highest BCUT2D eigenvalue weighted by atomic mass is 16.5. The zero-order chi connectivity index (χ0) is 14.7. The highest BCUT2D eigenvalue weighted by Gasteiger charge is 2.13. The minimum Gasteiger partial charge on any atom is -0.497 e. The number of anilines is 1. The molecule has 2 aromatic carbocycles. The second-order valence-corrected chi connectivity index (χ2v) is 5.47. The van der Waals surface area contributed by atoms with Crippen molar-refractivity contribution in [2.24, 2.45) is 0 Å². The Morgan fingerprint density at radius 1 is 1.00 bits per heavy atom. The predicted molar refractivity (Wildman–Crippen MR) is 88.8 cm³/mol.